The fourth-order valence-corrected chi connectivity index (χ4v) is 2.52. The van der Waals surface area contributed by atoms with E-state index >= 15 is 0 Å². The van der Waals surface area contributed by atoms with E-state index in [1.54, 1.807) is 0 Å². The van der Waals surface area contributed by atoms with Gasteiger partial charge in [-0.3, -0.25) is 0 Å². The van der Waals surface area contributed by atoms with Gasteiger partial charge in [-0.1, -0.05) is 60.7 Å². The molecule has 1 heteroatoms. The molecule has 0 saturated heterocycles. The van der Waals surface area contributed by atoms with Gasteiger partial charge in [-0.2, -0.15) is 0 Å². The molecule has 2 aromatic rings. The molecule has 3 rings (SSSR count). The van der Waals surface area contributed by atoms with E-state index in [0.29, 0.717) is 5.92 Å². The molecule has 0 heterocycles. The lowest BCUT2D eigenvalue weighted by atomic mass is 9.90. The molecule has 1 aliphatic carbocycles. The van der Waals surface area contributed by atoms with Gasteiger partial charge in [-0.25, -0.2) is 0 Å². The molecular formula is C18H17N. The van der Waals surface area contributed by atoms with Crippen LogP contribution in [0.2, 0.25) is 0 Å². The van der Waals surface area contributed by atoms with Crippen LogP contribution in [0.1, 0.15) is 17.9 Å². The monoisotopic (exact) mass is 247 g/mol. The third kappa shape index (κ3) is 2.60. The molecule has 0 bridgehead atoms. The van der Waals surface area contributed by atoms with E-state index in [0.717, 1.165) is 12.1 Å². The lowest BCUT2D eigenvalue weighted by molar-refractivity contribution is 0.855. The Morgan fingerprint density at radius 2 is 1.74 bits per heavy atom. The average Bonchev–Trinajstić information content (AvgIpc) is 2.48. The summed E-state index contributed by atoms with van der Waals surface area (Å²) in [7, 11) is 0. The first-order chi connectivity index (χ1) is 9.33. The molecule has 1 atom stereocenters. The molecule has 94 valence electrons. The molecule has 2 aromatic carbocycles. The Hall–Kier alpha value is -2.28. The van der Waals surface area contributed by atoms with Crippen LogP contribution in [0, 0.1) is 0 Å². The Morgan fingerprint density at radius 1 is 0.895 bits per heavy atom. The molecule has 1 aliphatic rings. The summed E-state index contributed by atoms with van der Waals surface area (Å²) in [4.78, 5) is 0. The zero-order chi connectivity index (χ0) is 13.1. The van der Waals surface area contributed by atoms with Gasteiger partial charge in [0, 0.05) is 11.6 Å². The normalized spacial score (nSPS) is 17.6. The summed E-state index contributed by atoms with van der Waals surface area (Å²) in [5, 5.41) is 0. The number of hydrogen-bond acceptors (Lipinski definition) is 1. The van der Waals surface area contributed by atoms with E-state index in [9.17, 15) is 0 Å². The van der Waals surface area contributed by atoms with E-state index < -0.39 is 0 Å². The van der Waals surface area contributed by atoms with Crippen LogP contribution >= 0.6 is 0 Å². The van der Waals surface area contributed by atoms with Crippen molar-refractivity contribution >= 4 is 5.69 Å². The fourth-order valence-electron chi connectivity index (χ4n) is 2.52. The van der Waals surface area contributed by atoms with Gasteiger partial charge in [0.2, 0.25) is 0 Å². The summed E-state index contributed by atoms with van der Waals surface area (Å²) >= 11 is 0. The summed E-state index contributed by atoms with van der Waals surface area (Å²) in [6.07, 6.45) is 9.70. The second-order valence-corrected chi connectivity index (χ2v) is 4.91. The number of allylic oxidation sites excluding steroid dienone is 4. The Morgan fingerprint density at radius 3 is 2.47 bits per heavy atom. The van der Waals surface area contributed by atoms with E-state index in [1.807, 2.05) is 12.1 Å². The van der Waals surface area contributed by atoms with Crippen LogP contribution in [0.25, 0.3) is 11.1 Å². The highest BCUT2D eigenvalue weighted by atomic mass is 14.5. The zero-order valence-electron chi connectivity index (χ0n) is 10.8. The fraction of sp³-hybridized carbons (Fsp3) is 0.111. The maximum absolute atomic E-state index is 6.06. The SMILES string of the molecule is Nc1cc(-c2ccccc2)cc(C2C=CC=CC2)c1. The zero-order valence-corrected chi connectivity index (χ0v) is 10.8. The van der Waals surface area contributed by atoms with Crippen molar-refractivity contribution in [3.63, 3.8) is 0 Å². The third-order valence-electron chi connectivity index (χ3n) is 3.49. The van der Waals surface area contributed by atoms with Crippen molar-refractivity contribution in [2.75, 3.05) is 5.73 Å². The molecule has 2 N–H and O–H groups in total. The maximum atomic E-state index is 6.06. The smallest absolute Gasteiger partial charge is 0.0323 e. The number of nitrogens with two attached hydrogens (primary N) is 1. The summed E-state index contributed by atoms with van der Waals surface area (Å²) in [5.41, 5.74) is 10.6. The predicted octanol–water partition coefficient (Wildman–Crippen LogP) is 4.54. The first kappa shape index (κ1) is 11.8. The van der Waals surface area contributed by atoms with E-state index in [2.05, 4.69) is 60.7 Å². The molecule has 0 saturated carbocycles. The quantitative estimate of drug-likeness (QED) is 0.775. The minimum absolute atomic E-state index is 0.441. The van der Waals surface area contributed by atoms with Crippen LogP contribution in [0.15, 0.2) is 72.8 Å². The Bertz CT molecular complexity index is 623. The van der Waals surface area contributed by atoms with Crippen LogP contribution in [0.3, 0.4) is 0 Å². The highest BCUT2D eigenvalue weighted by molar-refractivity contribution is 5.69. The van der Waals surface area contributed by atoms with Gasteiger partial charge >= 0.3 is 0 Å². The largest absolute Gasteiger partial charge is 0.399 e. The van der Waals surface area contributed by atoms with Crippen molar-refractivity contribution in [1.82, 2.24) is 0 Å². The third-order valence-corrected chi connectivity index (χ3v) is 3.49. The van der Waals surface area contributed by atoms with Crippen molar-refractivity contribution in [1.29, 1.82) is 0 Å². The molecule has 0 aromatic heterocycles. The van der Waals surface area contributed by atoms with Crippen molar-refractivity contribution in [2.45, 2.75) is 12.3 Å². The van der Waals surface area contributed by atoms with Gasteiger partial charge in [-0.05, 0) is 35.2 Å². The first-order valence-electron chi connectivity index (χ1n) is 6.62. The second kappa shape index (κ2) is 5.15. The van der Waals surface area contributed by atoms with E-state index in [-0.39, 0.29) is 0 Å². The minimum atomic E-state index is 0.441. The topological polar surface area (TPSA) is 26.0 Å². The summed E-state index contributed by atoms with van der Waals surface area (Å²) in [6, 6.07) is 16.8. The predicted molar refractivity (Wildman–Crippen MR) is 81.9 cm³/mol. The van der Waals surface area contributed by atoms with Gasteiger partial charge in [0.05, 0.1) is 0 Å². The lowest BCUT2D eigenvalue weighted by Crippen LogP contribution is -1.98. The van der Waals surface area contributed by atoms with Crippen molar-refractivity contribution in [3.8, 4) is 11.1 Å². The van der Waals surface area contributed by atoms with Crippen LogP contribution in [-0.4, -0.2) is 0 Å². The maximum Gasteiger partial charge on any atom is 0.0323 e. The summed E-state index contributed by atoms with van der Waals surface area (Å²) < 4.78 is 0. The van der Waals surface area contributed by atoms with Gasteiger partial charge < -0.3 is 5.73 Å². The molecule has 0 radical (unpaired) electrons. The number of rotatable bonds is 2. The number of benzene rings is 2. The molecule has 0 aliphatic heterocycles. The molecular weight excluding hydrogens is 230 g/mol. The summed E-state index contributed by atoms with van der Waals surface area (Å²) in [6.45, 7) is 0. The van der Waals surface area contributed by atoms with Gasteiger partial charge in [0.1, 0.15) is 0 Å². The second-order valence-electron chi connectivity index (χ2n) is 4.91. The molecule has 0 amide bonds. The van der Waals surface area contributed by atoms with E-state index in [1.165, 1.54) is 16.7 Å². The molecule has 19 heavy (non-hydrogen) atoms. The van der Waals surface area contributed by atoms with Gasteiger partial charge in [-0.15, -0.1) is 0 Å². The van der Waals surface area contributed by atoms with E-state index in [4.69, 9.17) is 5.73 Å². The molecule has 0 fully saturated rings. The van der Waals surface area contributed by atoms with Gasteiger partial charge in [0.25, 0.3) is 0 Å². The van der Waals surface area contributed by atoms with Crippen LogP contribution in [-0.2, 0) is 0 Å². The van der Waals surface area contributed by atoms with Crippen LogP contribution < -0.4 is 5.73 Å². The van der Waals surface area contributed by atoms with Gasteiger partial charge in [0.15, 0.2) is 0 Å². The summed E-state index contributed by atoms with van der Waals surface area (Å²) in [5.74, 6) is 0.441. The highest BCUT2D eigenvalue weighted by Crippen LogP contribution is 2.30. The molecule has 1 nitrogen and oxygen atoms in total. The number of nitrogen functional groups attached to an aromatic ring is 1. The highest BCUT2D eigenvalue weighted by Gasteiger charge is 2.10. The number of anilines is 1. The van der Waals surface area contributed by atoms with Crippen LogP contribution in [0.4, 0.5) is 5.69 Å². The standard InChI is InChI=1S/C18H17N/c19-18-12-16(14-7-3-1-4-8-14)11-17(13-18)15-9-5-2-6-10-15/h1-9,11-13,15H,10,19H2. The minimum Gasteiger partial charge on any atom is -0.399 e. The van der Waals surface area contributed by atoms with Crippen molar-refractivity contribution in [2.24, 2.45) is 0 Å². The Labute approximate surface area is 114 Å². The number of hydrogen-bond donors (Lipinski definition) is 1. The molecule has 1 unspecified atom stereocenters. The Balaban J connectivity index is 2.01. The molecule has 0 spiro atoms. The lowest BCUT2D eigenvalue weighted by Gasteiger charge is -2.16. The Kier molecular flexibility index (Phi) is 3.20. The van der Waals surface area contributed by atoms with Crippen LogP contribution in [0.5, 0.6) is 0 Å². The average molecular weight is 247 g/mol. The van der Waals surface area contributed by atoms with Crippen molar-refractivity contribution in [3.05, 3.63) is 78.4 Å². The van der Waals surface area contributed by atoms with Crippen molar-refractivity contribution < 1.29 is 0 Å². The first-order valence-corrected chi connectivity index (χ1v) is 6.62.